The molecule has 0 fully saturated rings. The standard InChI is InChI=1S/C17H12BrF3N2O2/c18-13-8-6-12(7-9-13)16(25)10-14(17(19,20)21)22-23(16)15(24)11-4-2-1-3-5-11/h1-9,25H,10H2. The lowest BCUT2D eigenvalue weighted by atomic mass is 9.96. The van der Waals surface area contributed by atoms with Gasteiger partial charge in [0.2, 0.25) is 0 Å². The molecule has 1 N–H and O–H groups in total. The van der Waals surface area contributed by atoms with Gasteiger partial charge in [0.1, 0.15) is 5.71 Å². The summed E-state index contributed by atoms with van der Waals surface area (Å²) >= 11 is 3.23. The van der Waals surface area contributed by atoms with E-state index in [1.54, 1.807) is 30.3 Å². The molecule has 8 heteroatoms. The van der Waals surface area contributed by atoms with Crippen molar-refractivity contribution >= 4 is 27.5 Å². The molecule has 2 aromatic carbocycles. The first kappa shape index (κ1) is 17.6. The maximum atomic E-state index is 13.1. The number of carbonyl (C=O) groups is 1. The molecule has 0 radical (unpaired) electrons. The summed E-state index contributed by atoms with van der Waals surface area (Å²) in [5, 5.41) is 14.9. The maximum absolute atomic E-state index is 13.1. The molecule has 1 heterocycles. The molecule has 0 bridgehead atoms. The van der Waals surface area contributed by atoms with E-state index in [4.69, 9.17) is 0 Å². The van der Waals surface area contributed by atoms with Gasteiger partial charge in [-0.2, -0.15) is 23.3 Å². The second kappa shape index (κ2) is 6.27. The molecule has 0 aromatic heterocycles. The molecule has 130 valence electrons. The van der Waals surface area contributed by atoms with Crippen molar-refractivity contribution in [3.8, 4) is 0 Å². The lowest BCUT2D eigenvalue weighted by Crippen LogP contribution is -2.43. The molecule has 1 aliphatic rings. The Morgan fingerprint density at radius 1 is 1.12 bits per heavy atom. The third-order valence-electron chi connectivity index (χ3n) is 3.83. The molecule has 1 aliphatic heterocycles. The Labute approximate surface area is 149 Å². The van der Waals surface area contributed by atoms with Crippen LogP contribution in [0, 0.1) is 0 Å². The molecule has 0 aliphatic carbocycles. The molecule has 1 unspecified atom stereocenters. The van der Waals surface area contributed by atoms with Crippen molar-refractivity contribution in [2.75, 3.05) is 0 Å². The summed E-state index contributed by atoms with van der Waals surface area (Å²) in [6.07, 6.45) is -5.58. The van der Waals surface area contributed by atoms with Crippen molar-refractivity contribution in [3.63, 3.8) is 0 Å². The quantitative estimate of drug-likeness (QED) is 0.808. The Morgan fingerprint density at radius 3 is 2.28 bits per heavy atom. The van der Waals surface area contributed by atoms with Crippen LogP contribution < -0.4 is 0 Å². The SMILES string of the molecule is O=C(c1ccccc1)N1N=C(C(F)(F)F)CC1(O)c1ccc(Br)cc1. The molecule has 0 saturated carbocycles. The van der Waals surface area contributed by atoms with E-state index < -0.39 is 29.9 Å². The number of halogens is 4. The summed E-state index contributed by atoms with van der Waals surface area (Å²) in [6.45, 7) is 0. The number of aliphatic hydroxyl groups is 1. The van der Waals surface area contributed by atoms with Gasteiger partial charge in [0.05, 0.1) is 6.42 Å². The fourth-order valence-corrected chi connectivity index (χ4v) is 2.83. The fraction of sp³-hybridized carbons (Fsp3) is 0.176. The topological polar surface area (TPSA) is 52.9 Å². The highest BCUT2D eigenvalue weighted by Gasteiger charge is 2.53. The third-order valence-corrected chi connectivity index (χ3v) is 4.36. The highest BCUT2D eigenvalue weighted by molar-refractivity contribution is 9.10. The minimum absolute atomic E-state index is 0.130. The number of hydrogen-bond acceptors (Lipinski definition) is 3. The molecule has 25 heavy (non-hydrogen) atoms. The Morgan fingerprint density at radius 2 is 1.72 bits per heavy atom. The number of amides is 1. The first-order valence-corrected chi connectivity index (χ1v) is 8.04. The predicted molar refractivity (Wildman–Crippen MR) is 88.8 cm³/mol. The van der Waals surface area contributed by atoms with Crippen molar-refractivity contribution in [1.29, 1.82) is 0 Å². The van der Waals surface area contributed by atoms with Crippen molar-refractivity contribution in [2.45, 2.75) is 18.3 Å². The van der Waals surface area contributed by atoms with Gasteiger partial charge in [-0.15, -0.1) is 0 Å². The molecule has 2 aromatic rings. The highest BCUT2D eigenvalue weighted by atomic mass is 79.9. The van der Waals surface area contributed by atoms with Gasteiger partial charge < -0.3 is 5.11 Å². The number of nitrogens with zero attached hydrogens (tertiary/aromatic N) is 2. The normalized spacial score (nSPS) is 20.5. The van der Waals surface area contributed by atoms with Crippen LogP contribution in [0.5, 0.6) is 0 Å². The minimum atomic E-state index is -4.74. The Hall–Kier alpha value is -2.19. The minimum Gasteiger partial charge on any atom is -0.365 e. The molecule has 3 rings (SSSR count). The van der Waals surface area contributed by atoms with E-state index in [-0.39, 0.29) is 11.1 Å². The Bertz CT molecular complexity index is 822. The van der Waals surface area contributed by atoms with Crippen LogP contribution in [0.3, 0.4) is 0 Å². The zero-order valence-corrected chi connectivity index (χ0v) is 14.3. The van der Waals surface area contributed by atoms with Gasteiger partial charge in [-0.25, -0.2) is 0 Å². The fourth-order valence-electron chi connectivity index (χ4n) is 2.56. The molecule has 1 atom stereocenters. The van der Waals surface area contributed by atoms with Gasteiger partial charge >= 0.3 is 6.18 Å². The number of benzene rings is 2. The number of alkyl halides is 3. The van der Waals surface area contributed by atoms with Crippen molar-refractivity contribution < 1.29 is 23.1 Å². The molecular weight excluding hydrogens is 401 g/mol. The zero-order chi connectivity index (χ0) is 18.2. The van der Waals surface area contributed by atoms with Gasteiger partial charge in [-0.05, 0) is 24.3 Å². The van der Waals surface area contributed by atoms with Crippen molar-refractivity contribution in [3.05, 3.63) is 70.2 Å². The van der Waals surface area contributed by atoms with Crippen LogP contribution in [0.2, 0.25) is 0 Å². The summed E-state index contributed by atoms with van der Waals surface area (Å²) in [4.78, 5) is 12.7. The third kappa shape index (κ3) is 3.32. The van der Waals surface area contributed by atoms with E-state index in [0.717, 1.165) is 0 Å². The largest absolute Gasteiger partial charge is 0.431 e. The Kier molecular flexibility index (Phi) is 4.42. The summed E-state index contributed by atoms with van der Waals surface area (Å²) in [5.74, 6) is -0.815. The average molecular weight is 413 g/mol. The molecule has 0 saturated heterocycles. The van der Waals surface area contributed by atoms with Crippen LogP contribution in [0.1, 0.15) is 22.3 Å². The highest BCUT2D eigenvalue weighted by Crippen LogP contribution is 2.40. The summed E-state index contributed by atoms with van der Waals surface area (Å²) in [5.41, 5.74) is -3.14. The van der Waals surface area contributed by atoms with Gasteiger partial charge in [0.25, 0.3) is 5.91 Å². The van der Waals surface area contributed by atoms with E-state index in [1.807, 2.05) is 0 Å². The van der Waals surface area contributed by atoms with Crippen LogP contribution in [-0.4, -0.2) is 27.9 Å². The monoisotopic (exact) mass is 412 g/mol. The van der Waals surface area contributed by atoms with Gasteiger partial charge in [0, 0.05) is 15.6 Å². The zero-order valence-electron chi connectivity index (χ0n) is 12.7. The molecular formula is C17H12BrF3N2O2. The molecule has 1 amide bonds. The first-order valence-electron chi connectivity index (χ1n) is 7.24. The van der Waals surface area contributed by atoms with Crippen molar-refractivity contribution in [2.24, 2.45) is 5.10 Å². The van der Waals surface area contributed by atoms with Gasteiger partial charge in [-0.3, -0.25) is 4.79 Å². The summed E-state index contributed by atoms with van der Waals surface area (Å²) < 4.78 is 40.1. The first-order chi connectivity index (χ1) is 11.7. The number of hydrazone groups is 1. The van der Waals surface area contributed by atoms with Crippen LogP contribution in [0.25, 0.3) is 0 Å². The van der Waals surface area contributed by atoms with Crippen LogP contribution >= 0.6 is 15.9 Å². The van der Waals surface area contributed by atoms with Crippen molar-refractivity contribution in [1.82, 2.24) is 5.01 Å². The van der Waals surface area contributed by atoms with E-state index in [0.29, 0.717) is 9.48 Å². The van der Waals surface area contributed by atoms with E-state index >= 15 is 0 Å². The summed E-state index contributed by atoms with van der Waals surface area (Å²) in [6, 6.07) is 13.8. The smallest absolute Gasteiger partial charge is 0.365 e. The lowest BCUT2D eigenvalue weighted by molar-refractivity contribution is -0.0816. The predicted octanol–water partition coefficient (Wildman–Crippen LogP) is 4.06. The second-order valence-corrected chi connectivity index (χ2v) is 6.44. The lowest BCUT2D eigenvalue weighted by Gasteiger charge is -2.31. The number of rotatable bonds is 2. The number of carbonyl (C=O) groups excluding carboxylic acids is 1. The number of hydrogen-bond donors (Lipinski definition) is 1. The average Bonchev–Trinajstić information content (AvgIpc) is 2.94. The van der Waals surface area contributed by atoms with Crippen LogP contribution in [0.15, 0.2) is 64.2 Å². The molecule has 0 spiro atoms. The van der Waals surface area contributed by atoms with Gasteiger partial charge in [-0.1, -0.05) is 46.3 Å². The summed E-state index contributed by atoms with van der Waals surface area (Å²) in [7, 11) is 0. The van der Waals surface area contributed by atoms with E-state index in [2.05, 4.69) is 21.0 Å². The maximum Gasteiger partial charge on any atom is 0.431 e. The second-order valence-electron chi connectivity index (χ2n) is 5.53. The van der Waals surface area contributed by atoms with Crippen LogP contribution in [-0.2, 0) is 5.72 Å². The van der Waals surface area contributed by atoms with E-state index in [1.165, 1.54) is 24.3 Å². The van der Waals surface area contributed by atoms with Crippen LogP contribution in [0.4, 0.5) is 13.2 Å². The van der Waals surface area contributed by atoms with E-state index in [9.17, 15) is 23.1 Å². The van der Waals surface area contributed by atoms with Gasteiger partial charge in [0.15, 0.2) is 5.72 Å². The molecule has 4 nitrogen and oxygen atoms in total. The Balaban J connectivity index is 2.07.